The smallest absolute Gasteiger partial charge is 0.239 e. The standard InChI is InChI=1S/C6H8ClN5O/c7-1-3(13)12-4-5(8)10-2-11-6(4)9/h2H,1H2,(H,12,13)(H4,8,9,10,11). The highest BCUT2D eigenvalue weighted by Gasteiger charge is 2.08. The van der Waals surface area contributed by atoms with Crippen LogP contribution in [0, 0.1) is 0 Å². The molecule has 0 aliphatic rings. The maximum Gasteiger partial charge on any atom is 0.239 e. The molecule has 0 aromatic carbocycles. The number of anilines is 3. The number of hydrogen-bond acceptors (Lipinski definition) is 5. The van der Waals surface area contributed by atoms with E-state index in [4.69, 9.17) is 23.1 Å². The lowest BCUT2D eigenvalue weighted by Crippen LogP contribution is -2.16. The van der Waals surface area contributed by atoms with Gasteiger partial charge in [0.1, 0.15) is 17.9 Å². The summed E-state index contributed by atoms with van der Waals surface area (Å²) in [6.07, 6.45) is 1.21. The Morgan fingerprint density at radius 3 is 2.46 bits per heavy atom. The summed E-state index contributed by atoms with van der Waals surface area (Å²) in [4.78, 5) is 18.2. The maximum atomic E-state index is 10.9. The summed E-state index contributed by atoms with van der Waals surface area (Å²) in [5, 5.41) is 2.38. The van der Waals surface area contributed by atoms with Crippen molar-refractivity contribution in [2.45, 2.75) is 0 Å². The van der Waals surface area contributed by atoms with Gasteiger partial charge in [0.15, 0.2) is 11.6 Å². The van der Waals surface area contributed by atoms with Crippen LogP contribution in [0.5, 0.6) is 0 Å². The van der Waals surface area contributed by atoms with E-state index in [9.17, 15) is 4.79 Å². The molecule has 5 N–H and O–H groups in total. The number of rotatable bonds is 2. The number of amides is 1. The van der Waals surface area contributed by atoms with Crippen LogP contribution in [-0.2, 0) is 4.79 Å². The molecule has 0 saturated heterocycles. The first-order chi connectivity index (χ1) is 6.15. The zero-order valence-electron chi connectivity index (χ0n) is 6.62. The van der Waals surface area contributed by atoms with Gasteiger partial charge in [-0.3, -0.25) is 4.79 Å². The largest absolute Gasteiger partial charge is 0.382 e. The highest BCUT2D eigenvalue weighted by atomic mass is 35.5. The van der Waals surface area contributed by atoms with Crippen LogP contribution in [-0.4, -0.2) is 21.8 Å². The lowest BCUT2D eigenvalue weighted by Gasteiger charge is -2.06. The Morgan fingerprint density at radius 2 is 2.00 bits per heavy atom. The number of nitrogens with two attached hydrogens (primary N) is 2. The molecule has 0 fully saturated rings. The predicted molar refractivity (Wildman–Crippen MR) is 50.2 cm³/mol. The molecule has 0 spiro atoms. The summed E-state index contributed by atoms with van der Waals surface area (Å²) in [6, 6.07) is 0. The molecule has 6 nitrogen and oxygen atoms in total. The average Bonchev–Trinajstić information content (AvgIpc) is 2.11. The van der Waals surface area contributed by atoms with Gasteiger partial charge in [-0.25, -0.2) is 9.97 Å². The molecule has 1 aromatic heterocycles. The van der Waals surface area contributed by atoms with Gasteiger partial charge >= 0.3 is 0 Å². The molecule has 0 radical (unpaired) electrons. The SMILES string of the molecule is Nc1ncnc(N)c1NC(=O)CCl. The molecular weight excluding hydrogens is 194 g/mol. The zero-order chi connectivity index (χ0) is 9.84. The minimum atomic E-state index is -0.408. The third-order valence-corrected chi connectivity index (χ3v) is 1.53. The van der Waals surface area contributed by atoms with Crippen molar-refractivity contribution in [3.8, 4) is 0 Å². The molecule has 1 heterocycles. The lowest BCUT2D eigenvalue weighted by atomic mass is 10.4. The summed E-state index contributed by atoms with van der Waals surface area (Å²) in [7, 11) is 0. The Morgan fingerprint density at radius 1 is 1.46 bits per heavy atom. The van der Waals surface area contributed by atoms with Gasteiger partial charge in [-0.05, 0) is 0 Å². The van der Waals surface area contributed by atoms with Crippen LogP contribution in [0.15, 0.2) is 6.33 Å². The fourth-order valence-electron chi connectivity index (χ4n) is 0.714. The Hall–Kier alpha value is -1.56. The third kappa shape index (κ3) is 2.19. The molecule has 1 aromatic rings. The molecule has 70 valence electrons. The molecule has 0 aliphatic heterocycles. The maximum absolute atomic E-state index is 10.9. The van der Waals surface area contributed by atoms with Crippen LogP contribution in [0.4, 0.5) is 17.3 Å². The second kappa shape index (κ2) is 3.90. The highest BCUT2D eigenvalue weighted by Crippen LogP contribution is 2.20. The highest BCUT2D eigenvalue weighted by molar-refractivity contribution is 6.29. The third-order valence-electron chi connectivity index (χ3n) is 1.29. The quantitative estimate of drug-likeness (QED) is 0.576. The van der Waals surface area contributed by atoms with Gasteiger partial charge in [0.25, 0.3) is 0 Å². The fraction of sp³-hybridized carbons (Fsp3) is 0.167. The summed E-state index contributed by atoms with van der Waals surface area (Å²) in [5.74, 6) is -0.347. The van der Waals surface area contributed by atoms with Crippen LogP contribution < -0.4 is 16.8 Å². The first-order valence-electron chi connectivity index (χ1n) is 3.37. The van der Waals surface area contributed by atoms with Crippen molar-refractivity contribution in [3.05, 3.63) is 6.33 Å². The predicted octanol–water partition coefficient (Wildman–Crippen LogP) is -0.182. The normalized spacial score (nSPS) is 9.62. The van der Waals surface area contributed by atoms with Crippen LogP contribution in [0.3, 0.4) is 0 Å². The molecule has 1 rings (SSSR count). The van der Waals surface area contributed by atoms with Crippen LogP contribution in [0.25, 0.3) is 0 Å². The van der Waals surface area contributed by atoms with Gasteiger partial charge < -0.3 is 16.8 Å². The molecule has 0 unspecified atom stereocenters. The lowest BCUT2D eigenvalue weighted by molar-refractivity contribution is -0.113. The summed E-state index contributed by atoms with van der Waals surface area (Å²) >= 11 is 5.27. The molecular formula is C6H8ClN5O. The van der Waals surface area contributed by atoms with Crippen LogP contribution in [0.2, 0.25) is 0 Å². The van der Waals surface area contributed by atoms with Crippen molar-refractivity contribution in [1.29, 1.82) is 0 Å². The van der Waals surface area contributed by atoms with E-state index in [1.165, 1.54) is 6.33 Å². The molecule has 7 heteroatoms. The number of halogens is 1. The van der Waals surface area contributed by atoms with Gasteiger partial charge in [-0.15, -0.1) is 11.6 Å². The summed E-state index contributed by atoms with van der Waals surface area (Å²) in [5.41, 5.74) is 11.1. The number of hydrogen-bond donors (Lipinski definition) is 3. The topological polar surface area (TPSA) is 107 Å². The Bertz CT molecular complexity index is 309. The molecule has 13 heavy (non-hydrogen) atoms. The van der Waals surface area contributed by atoms with E-state index >= 15 is 0 Å². The van der Waals surface area contributed by atoms with Gasteiger partial charge in [0.2, 0.25) is 5.91 Å². The molecule has 0 aliphatic carbocycles. The second-order valence-electron chi connectivity index (χ2n) is 2.20. The first kappa shape index (κ1) is 9.53. The van der Waals surface area contributed by atoms with Crippen LogP contribution >= 0.6 is 11.6 Å². The average molecular weight is 202 g/mol. The summed E-state index contributed by atoms with van der Waals surface area (Å²) in [6.45, 7) is 0. The molecule has 1 amide bonds. The van der Waals surface area contributed by atoms with Gasteiger partial charge in [-0.1, -0.05) is 0 Å². The summed E-state index contributed by atoms with van der Waals surface area (Å²) < 4.78 is 0. The van der Waals surface area contributed by atoms with E-state index < -0.39 is 5.91 Å². The van der Waals surface area contributed by atoms with E-state index in [0.29, 0.717) is 0 Å². The number of carbonyl (C=O) groups excluding carboxylic acids is 1. The van der Waals surface area contributed by atoms with E-state index in [1.54, 1.807) is 0 Å². The van der Waals surface area contributed by atoms with Crippen molar-refractivity contribution in [2.75, 3.05) is 22.7 Å². The second-order valence-corrected chi connectivity index (χ2v) is 2.47. The monoisotopic (exact) mass is 201 g/mol. The van der Waals surface area contributed by atoms with Crippen molar-refractivity contribution >= 4 is 34.8 Å². The minimum absolute atomic E-state index is 0.117. The molecule has 0 saturated carbocycles. The minimum Gasteiger partial charge on any atom is -0.382 e. The van der Waals surface area contributed by atoms with Crippen molar-refractivity contribution in [2.24, 2.45) is 0 Å². The van der Waals surface area contributed by atoms with E-state index in [2.05, 4.69) is 15.3 Å². The Balaban J connectivity index is 2.93. The van der Waals surface area contributed by atoms with E-state index in [1.807, 2.05) is 0 Å². The number of carbonyl (C=O) groups is 1. The number of nitrogens with one attached hydrogen (secondary N) is 1. The van der Waals surface area contributed by atoms with Crippen LogP contribution in [0.1, 0.15) is 0 Å². The Labute approximate surface area is 79.3 Å². The number of alkyl halides is 1. The number of nitrogens with zero attached hydrogens (tertiary/aromatic N) is 2. The Kier molecular flexibility index (Phi) is 2.86. The fourth-order valence-corrected chi connectivity index (χ4v) is 0.781. The van der Waals surface area contributed by atoms with E-state index in [-0.39, 0.29) is 23.2 Å². The van der Waals surface area contributed by atoms with Gasteiger partial charge in [0.05, 0.1) is 0 Å². The van der Waals surface area contributed by atoms with E-state index in [0.717, 1.165) is 0 Å². The molecule has 0 bridgehead atoms. The number of nitrogen functional groups attached to an aromatic ring is 2. The van der Waals surface area contributed by atoms with Gasteiger partial charge in [-0.2, -0.15) is 0 Å². The van der Waals surface area contributed by atoms with Gasteiger partial charge in [0, 0.05) is 0 Å². The van der Waals surface area contributed by atoms with Crippen molar-refractivity contribution in [1.82, 2.24) is 9.97 Å². The number of aromatic nitrogens is 2. The molecule has 0 atom stereocenters. The first-order valence-corrected chi connectivity index (χ1v) is 3.90. The zero-order valence-corrected chi connectivity index (χ0v) is 7.38. The van der Waals surface area contributed by atoms with Crippen molar-refractivity contribution in [3.63, 3.8) is 0 Å². The van der Waals surface area contributed by atoms with Crippen molar-refractivity contribution < 1.29 is 4.79 Å².